The predicted octanol–water partition coefficient (Wildman–Crippen LogP) is 1.20. The van der Waals surface area contributed by atoms with Gasteiger partial charge in [0.2, 0.25) is 5.91 Å². The van der Waals surface area contributed by atoms with Gasteiger partial charge in [0.05, 0.1) is 12.8 Å². The molecule has 0 radical (unpaired) electrons. The smallest absolute Gasteiger partial charge is 0.244 e. The summed E-state index contributed by atoms with van der Waals surface area (Å²) in [6.07, 6.45) is 5.81. The van der Waals surface area contributed by atoms with E-state index in [4.69, 9.17) is 5.11 Å². The Bertz CT molecular complexity index is 370. The van der Waals surface area contributed by atoms with Crippen LogP contribution in [0.5, 0.6) is 0 Å². The zero-order valence-corrected chi connectivity index (χ0v) is 11.9. The molecule has 0 bridgehead atoms. The number of carbonyl (C=O) groups excluding carboxylic acids is 1. The van der Waals surface area contributed by atoms with Crippen LogP contribution in [-0.4, -0.2) is 44.0 Å². The van der Waals surface area contributed by atoms with Crippen LogP contribution in [0.2, 0.25) is 0 Å². The summed E-state index contributed by atoms with van der Waals surface area (Å²) in [6, 6.07) is 0. The van der Waals surface area contributed by atoms with Gasteiger partial charge in [-0.15, -0.1) is 5.10 Å². The lowest BCUT2D eigenvalue weighted by molar-refractivity contribution is -0.132. The van der Waals surface area contributed by atoms with Gasteiger partial charge >= 0.3 is 0 Å². The molecule has 0 atom stereocenters. The first-order chi connectivity index (χ1) is 9.21. The number of hydrogen-bond donors (Lipinski definition) is 1. The van der Waals surface area contributed by atoms with E-state index in [-0.39, 0.29) is 19.1 Å². The summed E-state index contributed by atoms with van der Waals surface area (Å²) < 4.78 is 1.48. The summed E-state index contributed by atoms with van der Waals surface area (Å²) in [5, 5.41) is 16.5. The van der Waals surface area contributed by atoms with Crippen LogP contribution in [0.15, 0.2) is 6.20 Å². The molecular weight excluding hydrogens is 244 g/mol. The Morgan fingerprint density at radius 1 is 1.32 bits per heavy atom. The average Bonchev–Trinajstić information content (AvgIpc) is 2.86. The molecule has 0 unspecified atom stereocenters. The van der Waals surface area contributed by atoms with Crippen LogP contribution in [-0.2, 0) is 17.9 Å². The maximum Gasteiger partial charge on any atom is 0.244 e. The lowest BCUT2D eigenvalue weighted by atomic mass is 10.2. The van der Waals surface area contributed by atoms with Gasteiger partial charge in [-0.1, -0.05) is 31.9 Å². The van der Waals surface area contributed by atoms with Crippen molar-refractivity contribution in [3.8, 4) is 0 Å². The Kier molecular flexibility index (Phi) is 7.10. The second-order valence-electron chi connectivity index (χ2n) is 4.65. The third-order valence-corrected chi connectivity index (χ3v) is 2.96. The minimum Gasteiger partial charge on any atom is -0.390 e. The minimum absolute atomic E-state index is 0.0660. The van der Waals surface area contributed by atoms with E-state index < -0.39 is 0 Å². The zero-order chi connectivity index (χ0) is 14.1. The molecule has 1 aromatic rings. The van der Waals surface area contributed by atoms with Gasteiger partial charge in [0.1, 0.15) is 12.2 Å². The molecule has 0 aromatic carbocycles. The summed E-state index contributed by atoms with van der Waals surface area (Å²) in [5.74, 6) is 0.0660. The number of hydrogen-bond acceptors (Lipinski definition) is 4. The lowest BCUT2D eigenvalue weighted by Gasteiger charge is -2.22. The summed E-state index contributed by atoms with van der Waals surface area (Å²) in [4.78, 5) is 14.1. The number of rotatable bonds is 9. The van der Waals surface area contributed by atoms with Gasteiger partial charge in [0, 0.05) is 13.1 Å². The molecule has 0 aliphatic heterocycles. The lowest BCUT2D eigenvalue weighted by Crippen LogP contribution is -2.35. The summed E-state index contributed by atoms with van der Waals surface area (Å²) in [7, 11) is 0. The molecule has 1 amide bonds. The molecular formula is C13H24N4O2. The van der Waals surface area contributed by atoms with Crippen LogP contribution in [0.25, 0.3) is 0 Å². The minimum atomic E-state index is -0.149. The second-order valence-corrected chi connectivity index (χ2v) is 4.65. The van der Waals surface area contributed by atoms with Crippen molar-refractivity contribution in [1.29, 1.82) is 0 Å². The molecule has 0 aliphatic carbocycles. The van der Waals surface area contributed by atoms with Crippen molar-refractivity contribution in [2.75, 3.05) is 13.1 Å². The second kappa shape index (κ2) is 8.63. The van der Waals surface area contributed by atoms with E-state index >= 15 is 0 Å². The van der Waals surface area contributed by atoms with E-state index in [2.05, 4.69) is 24.2 Å². The Morgan fingerprint density at radius 3 is 2.42 bits per heavy atom. The molecule has 108 valence electrons. The number of aliphatic hydroxyl groups excluding tert-OH is 1. The molecule has 0 saturated carbocycles. The number of nitrogens with zero attached hydrogens (tertiary/aromatic N) is 4. The third-order valence-electron chi connectivity index (χ3n) is 2.96. The standard InChI is InChI=1S/C13H24N4O2/c1-3-5-7-16(8-6-4-2)13(19)10-17-9-12(11-18)14-15-17/h9,18H,3-8,10-11H2,1-2H3. The van der Waals surface area contributed by atoms with Crippen molar-refractivity contribution in [1.82, 2.24) is 19.9 Å². The maximum atomic E-state index is 12.2. The zero-order valence-electron chi connectivity index (χ0n) is 11.9. The van der Waals surface area contributed by atoms with Gasteiger partial charge in [0.25, 0.3) is 0 Å². The Balaban J connectivity index is 2.54. The highest BCUT2D eigenvalue weighted by atomic mass is 16.3. The average molecular weight is 268 g/mol. The van der Waals surface area contributed by atoms with Crippen molar-refractivity contribution in [3.63, 3.8) is 0 Å². The first kappa shape index (κ1) is 15.6. The van der Waals surface area contributed by atoms with E-state index in [9.17, 15) is 4.79 Å². The Morgan fingerprint density at radius 2 is 1.95 bits per heavy atom. The molecule has 19 heavy (non-hydrogen) atoms. The van der Waals surface area contributed by atoms with E-state index in [1.807, 2.05) is 4.90 Å². The van der Waals surface area contributed by atoms with E-state index in [0.717, 1.165) is 38.8 Å². The molecule has 1 aromatic heterocycles. The van der Waals surface area contributed by atoms with Gasteiger partial charge < -0.3 is 10.0 Å². The van der Waals surface area contributed by atoms with Gasteiger partial charge in [-0.3, -0.25) is 4.79 Å². The highest BCUT2D eigenvalue weighted by molar-refractivity contribution is 5.75. The number of aromatic nitrogens is 3. The summed E-state index contributed by atoms with van der Waals surface area (Å²) >= 11 is 0. The fourth-order valence-electron chi connectivity index (χ4n) is 1.79. The molecule has 0 saturated heterocycles. The number of amides is 1. The molecule has 1 rings (SSSR count). The van der Waals surface area contributed by atoms with Crippen molar-refractivity contribution < 1.29 is 9.90 Å². The maximum absolute atomic E-state index is 12.2. The molecule has 1 heterocycles. The fraction of sp³-hybridized carbons (Fsp3) is 0.769. The number of unbranched alkanes of at least 4 members (excludes halogenated alkanes) is 2. The third kappa shape index (κ3) is 5.38. The van der Waals surface area contributed by atoms with E-state index in [1.165, 1.54) is 4.68 Å². The van der Waals surface area contributed by atoms with Gasteiger partial charge in [-0.25, -0.2) is 4.68 Å². The number of aliphatic hydroxyl groups is 1. The molecule has 6 heteroatoms. The quantitative estimate of drug-likeness (QED) is 0.730. The summed E-state index contributed by atoms with van der Waals surface area (Å²) in [5.41, 5.74) is 0.487. The number of carbonyl (C=O) groups is 1. The summed E-state index contributed by atoms with van der Waals surface area (Å²) in [6.45, 7) is 5.89. The van der Waals surface area contributed by atoms with Gasteiger partial charge in [0.15, 0.2) is 0 Å². The van der Waals surface area contributed by atoms with Crippen LogP contribution < -0.4 is 0 Å². The van der Waals surface area contributed by atoms with Crippen molar-refractivity contribution >= 4 is 5.91 Å². The fourth-order valence-corrected chi connectivity index (χ4v) is 1.79. The normalized spacial score (nSPS) is 10.7. The Labute approximate surface area is 114 Å². The molecule has 1 N–H and O–H groups in total. The highest BCUT2D eigenvalue weighted by Gasteiger charge is 2.14. The highest BCUT2D eigenvalue weighted by Crippen LogP contribution is 2.02. The molecule has 0 fully saturated rings. The van der Waals surface area contributed by atoms with Gasteiger partial charge in [-0.05, 0) is 12.8 Å². The van der Waals surface area contributed by atoms with Crippen LogP contribution in [0.3, 0.4) is 0 Å². The molecule has 0 spiro atoms. The first-order valence-corrected chi connectivity index (χ1v) is 6.98. The molecule has 0 aliphatic rings. The van der Waals surface area contributed by atoms with Crippen molar-refractivity contribution in [2.45, 2.75) is 52.7 Å². The van der Waals surface area contributed by atoms with Gasteiger partial charge in [-0.2, -0.15) is 0 Å². The van der Waals surface area contributed by atoms with Crippen LogP contribution >= 0.6 is 0 Å². The predicted molar refractivity (Wildman–Crippen MR) is 72.3 cm³/mol. The van der Waals surface area contributed by atoms with Crippen LogP contribution in [0.4, 0.5) is 0 Å². The largest absolute Gasteiger partial charge is 0.390 e. The van der Waals surface area contributed by atoms with Crippen molar-refractivity contribution in [2.24, 2.45) is 0 Å². The first-order valence-electron chi connectivity index (χ1n) is 6.98. The van der Waals surface area contributed by atoms with Crippen molar-refractivity contribution in [3.05, 3.63) is 11.9 Å². The van der Waals surface area contributed by atoms with E-state index in [0.29, 0.717) is 5.69 Å². The van der Waals surface area contributed by atoms with Crippen LogP contribution in [0, 0.1) is 0 Å². The van der Waals surface area contributed by atoms with E-state index in [1.54, 1.807) is 6.20 Å². The Hall–Kier alpha value is -1.43. The topological polar surface area (TPSA) is 71.2 Å². The SMILES string of the molecule is CCCCN(CCCC)C(=O)Cn1cc(CO)nn1. The monoisotopic (exact) mass is 268 g/mol. The van der Waals surface area contributed by atoms with Crippen LogP contribution in [0.1, 0.15) is 45.2 Å². The molecule has 6 nitrogen and oxygen atoms in total.